The molecule has 0 atom stereocenters. The second-order valence-corrected chi connectivity index (χ2v) is 6.21. The van der Waals surface area contributed by atoms with E-state index in [0.717, 1.165) is 33.8 Å². The number of hydrogen-bond donors (Lipinski definition) is 0. The van der Waals surface area contributed by atoms with Crippen LogP contribution < -0.4 is 4.74 Å². The third kappa shape index (κ3) is 2.95. The van der Waals surface area contributed by atoms with Gasteiger partial charge in [-0.25, -0.2) is 0 Å². The predicted octanol–water partition coefficient (Wildman–Crippen LogP) is 4.46. The Labute approximate surface area is 144 Å². The number of carbonyl (C=O) groups excluding carboxylic acids is 2. The second-order valence-electron chi connectivity index (χ2n) is 5.21. The largest absolute Gasteiger partial charge is 0.493 e. The summed E-state index contributed by atoms with van der Waals surface area (Å²) in [5.41, 5.74) is 0.887. The van der Waals surface area contributed by atoms with Crippen LogP contribution >= 0.6 is 11.8 Å². The molecule has 2 amide bonds. The van der Waals surface area contributed by atoms with Crippen molar-refractivity contribution >= 4 is 39.8 Å². The fourth-order valence-corrected chi connectivity index (χ4v) is 3.47. The third-order valence-corrected chi connectivity index (χ3v) is 4.60. The van der Waals surface area contributed by atoms with E-state index in [9.17, 15) is 9.59 Å². The van der Waals surface area contributed by atoms with Crippen LogP contribution in [-0.2, 0) is 4.79 Å². The topological polar surface area (TPSA) is 46.6 Å². The third-order valence-electron chi connectivity index (χ3n) is 3.69. The molecule has 1 aliphatic rings. The Kier molecular flexibility index (Phi) is 4.71. The minimum atomic E-state index is -0.275. The van der Waals surface area contributed by atoms with Gasteiger partial charge in [-0.05, 0) is 41.8 Å². The fourth-order valence-electron chi connectivity index (χ4n) is 2.63. The molecule has 0 unspecified atom stereocenters. The van der Waals surface area contributed by atoms with Crippen LogP contribution in [0.2, 0.25) is 0 Å². The second kappa shape index (κ2) is 6.93. The quantitative estimate of drug-likeness (QED) is 0.596. The molecule has 1 aliphatic heterocycles. The van der Waals surface area contributed by atoms with Crippen LogP contribution in [0, 0.1) is 0 Å². The van der Waals surface area contributed by atoms with Gasteiger partial charge in [0.15, 0.2) is 0 Å². The molecular weight excluding hydrogens is 322 g/mol. The molecule has 0 radical (unpaired) electrons. The van der Waals surface area contributed by atoms with Crippen LogP contribution in [-0.4, -0.2) is 29.2 Å². The zero-order valence-electron chi connectivity index (χ0n) is 13.3. The number of nitrogens with zero attached hydrogens (tertiary/aromatic N) is 1. The highest BCUT2D eigenvalue weighted by Gasteiger charge is 2.34. The lowest BCUT2D eigenvalue weighted by Gasteiger charge is -2.10. The van der Waals surface area contributed by atoms with Gasteiger partial charge in [0, 0.05) is 11.9 Å². The first kappa shape index (κ1) is 16.3. The summed E-state index contributed by atoms with van der Waals surface area (Å²) in [5, 5.41) is 1.71. The Morgan fingerprint density at radius 3 is 2.62 bits per heavy atom. The van der Waals surface area contributed by atoms with Crippen LogP contribution in [0.15, 0.2) is 54.0 Å². The molecule has 2 aromatic carbocycles. The predicted molar refractivity (Wildman–Crippen MR) is 98.0 cm³/mol. The Balaban J connectivity index is 2.05. The summed E-state index contributed by atoms with van der Waals surface area (Å²) < 4.78 is 5.67. The number of hydrogen-bond acceptors (Lipinski definition) is 4. The lowest BCUT2D eigenvalue weighted by atomic mass is 10.0. The van der Waals surface area contributed by atoms with E-state index < -0.39 is 0 Å². The molecule has 3 rings (SSSR count). The van der Waals surface area contributed by atoms with Crippen molar-refractivity contribution in [1.82, 2.24) is 4.90 Å². The molecule has 2 aromatic rings. The van der Waals surface area contributed by atoms with Gasteiger partial charge < -0.3 is 4.74 Å². The van der Waals surface area contributed by atoms with E-state index >= 15 is 0 Å². The maximum atomic E-state index is 12.4. The number of fused-ring (bicyclic) bond motifs is 1. The summed E-state index contributed by atoms with van der Waals surface area (Å²) in [6.45, 7) is 6.34. The molecule has 24 heavy (non-hydrogen) atoms. The Bertz CT molecular complexity index is 857. The smallest absolute Gasteiger partial charge is 0.293 e. The molecule has 0 aromatic heterocycles. The Morgan fingerprint density at radius 1 is 1.17 bits per heavy atom. The number of ether oxygens (including phenoxy) is 1. The number of carbonyl (C=O) groups is 2. The van der Waals surface area contributed by atoms with Gasteiger partial charge in [-0.3, -0.25) is 14.5 Å². The molecule has 0 bridgehead atoms. The van der Waals surface area contributed by atoms with Crippen molar-refractivity contribution in [2.45, 2.75) is 6.92 Å². The number of benzene rings is 2. The van der Waals surface area contributed by atoms with Gasteiger partial charge in [-0.2, -0.15) is 0 Å². The minimum absolute atomic E-state index is 0.228. The van der Waals surface area contributed by atoms with Crippen molar-refractivity contribution < 1.29 is 14.3 Å². The number of thioether (sulfide) groups is 1. The average Bonchev–Trinajstić information content (AvgIpc) is 2.85. The molecule has 1 fully saturated rings. The zero-order valence-corrected chi connectivity index (χ0v) is 14.1. The first-order chi connectivity index (χ1) is 11.7. The van der Waals surface area contributed by atoms with Crippen LogP contribution in [0.5, 0.6) is 5.75 Å². The fraction of sp³-hybridized carbons (Fsp3) is 0.158. The molecular formula is C19H17NO3S. The van der Waals surface area contributed by atoms with E-state index in [2.05, 4.69) is 6.58 Å². The van der Waals surface area contributed by atoms with Crippen molar-refractivity contribution in [2.75, 3.05) is 13.2 Å². The SMILES string of the molecule is C=CCN1C(=O)S/C(=C/c2ccc(OCC)c3ccccc23)C1=O. The summed E-state index contributed by atoms with van der Waals surface area (Å²) in [7, 11) is 0. The van der Waals surface area contributed by atoms with E-state index in [1.165, 1.54) is 4.90 Å². The Morgan fingerprint density at radius 2 is 1.92 bits per heavy atom. The van der Waals surface area contributed by atoms with Gasteiger partial charge in [0.25, 0.3) is 11.1 Å². The lowest BCUT2D eigenvalue weighted by molar-refractivity contribution is -0.122. The monoisotopic (exact) mass is 339 g/mol. The minimum Gasteiger partial charge on any atom is -0.493 e. The maximum Gasteiger partial charge on any atom is 0.293 e. The standard InChI is InChI=1S/C19H17NO3S/c1-3-11-20-18(21)17(24-19(20)22)12-13-9-10-16(23-4-2)15-8-6-5-7-14(13)15/h3,5-10,12H,1,4,11H2,2H3/b17-12+. The average molecular weight is 339 g/mol. The van der Waals surface area contributed by atoms with E-state index in [1.807, 2.05) is 43.3 Å². The van der Waals surface area contributed by atoms with Crippen LogP contribution in [0.25, 0.3) is 16.8 Å². The molecule has 1 heterocycles. The van der Waals surface area contributed by atoms with Crippen LogP contribution in [0.3, 0.4) is 0 Å². The zero-order chi connectivity index (χ0) is 17.1. The summed E-state index contributed by atoms with van der Waals surface area (Å²) in [4.78, 5) is 25.9. The van der Waals surface area contributed by atoms with Crippen molar-refractivity contribution in [2.24, 2.45) is 0 Å². The van der Waals surface area contributed by atoms with Crippen molar-refractivity contribution in [3.63, 3.8) is 0 Å². The first-order valence-corrected chi connectivity index (χ1v) is 8.48. The molecule has 1 saturated heterocycles. The summed E-state index contributed by atoms with van der Waals surface area (Å²) in [6, 6.07) is 11.7. The molecule has 0 aliphatic carbocycles. The normalized spacial score (nSPS) is 16.2. The van der Waals surface area contributed by atoms with E-state index in [1.54, 1.807) is 12.2 Å². The molecule has 0 spiro atoms. The van der Waals surface area contributed by atoms with Gasteiger partial charge in [0.2, 0.25) is 0 Å². The van der Waals surface area contributed by atoms with Gasteiger partial charge in [-0.15, -0.1) is 6.58 Å². The van der Waals surface area contributed by atoms with Gasteiger partial charge in [0.1, 0.15) is 5.75 Å². The van der Waals surface area contributed by atoms with E-state index in [-0.39, 0.29) is 17.7 Å². The maximum absolute atomic E-state index is 12.4. The Hall–Kier alpha value is -2.53. The summed E-state index contributed by atoms with van der Waals surface area (Å²) in [5.74, 6) is 0.535. The van der Waals surface area contributed by atoms with Crippen LogP contribution in [0.4, 0.5) is 4.79 Å². The summed E-state index contributed by atoms with van der Waals surface area (Å²) in [6.07, 6.45) is 3.32. The summed E-state index contributed by atoms with van der Waals surface area (Å²) >= 11 is 0.959. The molecule has 5 heteroatoms. The van der Waals surface area contributed by atoms with Gasteiger partial charge >= 0.3 is 0 Å². The van der Waals surface area contributed by atoms with Crippen molar-refractivity contribution in [3.05, 3.63) is 59.5 Å². The molecule has 122 valence electrons. The highest BCUT2D eigenvalue weighted by atomic mass is 32.2. The number of imide groups is 1. The van der Waals surface area contributed by atoms with Gasteiger partial charge in [0.05, 0.1) is 11.5 Å². The number of amides is 2. The van der Waals surface area contributed by atoms with Crippen LogP contribution in [0.1, 0.15) is 12.5 Å². The highest BCUT2D eigenvalue weighted by molar-refractivity contribution is 8.18. The highest BCUT2D eigenvalue weighted by Crippen LogP contribution is 2.35. The molecule has 0 N–H and O–H groups in total. The van der Waals surface area contributed by atoms with Gasteiger partial charge in [-0.1, -0.05) is 36.4 Å². The van der Waals surface area contributed by atoms with E-state index in [0.29, 0.717) is 11.5 Å². The molecule has 4 nitrogen and oxygen atoms in total. The van der Waals surface area contributed by atoms with Crippen molar-refractivity contribution in [3.8, 4) is 5.75 Å². The van der Waals surface area contributed by atoms with E-state index in [4.69, 9.17) is 4.74 Å². The first-order valence-electron chi connectivity index (χ1n) is 7.66. The lowest BCUT2D eigenvalue weighted by Crippen LogP contribution is -2.27. The number of rotatable bonds is 5. The molecule has 0 saturated carbocycles. The van der Waals surface area contributed by atoms with Crippen molar-refractivity contribution in [1.29, 1.82) is 0 Å².